The third-order valence-electron chi connectivity index (χ3n) is 10.5. The molecule has 3 aliphatic rings. The second-order valence-electron chi connectivity index (χ2n) is 12.9. The van der Waals surface area contributed by atoms with Crippen molar-refractivity contribution < 1.29 is 4.42 Å². The average Bonchev–Trinajstić information content (AvgIpc) is 3.69. The van der Waals surface area contributed by atoms with Crippen molar-refractivity contribution in [1.82, 2.24) is 0 Å². The molecule has 11 rings (SSSR count). The van der Waals surface area contributed by atoms with Gasteiger partial charge in [-0.05, 0) is 106 Å². The summed E-state index contributed by atoms with van der Waals surface area (Å²) in [6.45, 7) is 0.120. The van der Waals surface area contributed by atoms with Gasteiger partial charge in [-0.2, -0.15) is 0 Å². The van der Waals surface area contributed by atoms with Crippen LogP contribution >= 0.6 is 0 Å². The van der Waals surface area contributed by atoms with Crippen molar-refractivity contribution in [1.29, 1.82) is 0 Å². The lowest BCUT2D eigenvalue weighted by Crippen LogP contribution is -2.61. The molecule has 2 aliphatic heterocycles. The summed E-state index contributed by atoms with van der Waals surface area (Å²) < 4.78 is 6.23. The number of benzene rings is 7. The number of furan rings is 1. The highest BCUT2D eigenvalue weighted by molar-refractivity contribution is 7.00. The Morgan fingerprint density at radius 3 is 1.85 bits per heavy atom. The Bertz CT molecular complexity index is 2600. The Kier molecular flexibility index (Phi) is 4.98. The van der Waals surface area contributed by atoms with Crippen LogP contribution in [0.3, 0.4) is 0 Å². The number of anilines is 6. The van der Waals surface area contributed by atoms with Crippen LogP contribution in [0, 0.1) is 0 Å². The maximum Gasteiger partial charge on any atom is 0.252 e. The van der Waals surface area contributed by atoms with E-state index in [2.05, 4.69) is 149 Å². The van der Waals surface area contributed by atoms with E-state index in [1.165, 1.54) is 67.1 Å². The third-order valence-corrected chi connectivity index (χ3v) is 10.5. The molecule has 0 fully saturated rings. The van der Waals surface area contributed by atoms with Gasteiger partial charge in [-0.15, -0.1) is 0 Å². The molecular weight excluding hydrogens is 571 g/mol. The molecule has 0 atom stereocenters. The van der Waals surface area contributed by atoms with E-state index in [0.29, 0.717) is 0 Å². The molecule has 1 aliphatic carbocycles. The lowest BCUT2D eigenvalue weighted by molar-refractivity contribution is 0.669. The van der Waals surface area contributed by atoms with Crippen LogP contribution in [0.5, 0.6) is 0 Å². The molecule has 0 spiro atoms. The largest absolute Gasteiger partial charge is 0.456 e. The van der Waals surface area contributed by atoms with E-state index < -0.39 is 0 Å². The number of hydrogen-bond acceptors (Lipinski definition) is 3. The van der Waals surface area contributed by atoms with Crippen LogP contribution in [0.2, 0.25) is 0 Å². The summed E-state index contributed by atoms with van der Waals surface area (Å²) in [5.74, 6) is 0. The van der Waals surface area contributed by atoms with Crippen molar-refractivity contribution in [2.75, 3.05) is 9.80 Å². The Hall–Kier alpha value is -6.00. The third kappa shape index (κ3) is 3.42. The lowest BCUT2D eigenvalue weighted by atomic mass is 9.33. The molecule has 47 heavy (non-hydrogen) atoms. The minimum atomic E-state index is 0.120. The topological polar surface area (TPSA) is 19.6 Å². The van der Waals surface area contributed by atoms with Crippen LogP contribution in [0.25, 0.3) is 33.1 Å². The first-order chi connectivity index (χ1) is 23.3. The molecular formula is C43H27BN2O. The van der Waals surface area contributed by atoms with Gasteiger partial charge in [-0.25, -0.2) is 0 Å². The first-order valence-corrected chi connectivity index (χ1v) is 16.4. The maximum atomic E-state index is 6.23. The van der Waals surface area contributed by atoms with Gasteiger partial charge in [-0.1, -0.05) is 91.0 Å². The average molecular weight is 599 g/mol. The van der Waals surface area contributed by atoms with Gasteiger partial charge >= 0.3 is 0 Å². The molecule has 3 nitrogen and oxygen atoms in total. The first-order valence-electron chi connectivity index (χ1n) is 16.4. The smallest absolute Gasteiger partial charge is 0.252 e. The molecule has 218 valence electrons. The van der Waals surface area contributed by atoms with E-state index in [0.717, 1.165) is 34.0 Å². The molecule has 1 aromatic heterocycles. The molecule has 4 heteroatoms. The van der Waals surface area contributed by atoms with Crippen LogP contribution in [-0.2, 0) is 6.42 Å². The van der Waals surface area contributed by atoms with E-state index in [1.807, 2.05) is 12.1 Å². The molecule has 0 bridgehead atoms. The van der Waals surface area contributed by atoms with Crippen LogP contribution in [0.4, 0.5) is 34.1 Å². The monoisotopic (exact) mass is 598 g/mol. The van der Waals surface area contributed by atoms with Crippen LogP contribution in [0.15, 0.2) is 156 Å². The number of rotatable bonds is 2. The summed E-state index contributed by atoms with van der Waals surface area (Å²) in [5, 5.41) is 2.27. The number of para-hydroxylation sites is 3. The van der Waals surface area contributed by atoms with E-state index in [-0.39, 0.29) is 6.71 Å². The highest BCUT2D eigenvalue weighted by Crippen LogP contribution is 2.46. The fraction of sp³-hybridized carbons (Fsp3) is 0.0233. The van der Waals surface area contributed by atoms with Crippen molar-refractivity contribution in [3.05, 3.63) is 163 Å². The Labute approximate surface area is 273 Å². The molecule has 0 radical (unpaired) electrons. The fourth-order valence-corrected chi connectivity index (χ4v) is 8.50. The van der Waals surface area contributed by atoms with Crippen LogP contribution < -0.4 is 26.2 Å². The SMILES string of the molecule is c1ccc2c(c1)Cc1ccc(N3c4ccccc4B4c5ccccc5N(c5ccc6oc7ccccc7c6c5)c5cccc3c54)cc1-2. The van der Waals surface area contributed by atoms with Crippen molar-refractivity contribution >= 4 is 79.2 Å². The number of nitrogens with zero attached hydrogens (tertiary/aromatic N) is 2. The van der Waals surface area contributed by atoms with Gasteiger partial charge < -0.3 is 14.2 Å². The minimum Gasteiger partial charge on any atom is -0.456 e. The van der Waals surface area contributed by atoms with E-state index in [4.69, 9.17) is 4.42 Å². The van der Waals surface area contributed by atoms with Crippen molar-refractivity contribution in [3.8, 4) is 11.1 Å². The van der Waals surface area contributed by atoms with Gasteiger partial charge in [0.25, 0.3) is 6.71 Å². The molecule has 0 amide bonds. The van der Waals surface area contributed by atoms with Crippen molar-refractivity contribution in [3.63, 3.8) is 0 Å². The van der Waals surface area contributed by atoms with Gasteiger partial charge in [0, 0.05) is 44.9 Å². The zero-order valence-corrected chi connectivity index (χ0v) is 25.5. The standard InChI is InChI=1S/C43H27BN2O/c1-2-11-31-27(10-1)24-28-20-21-29(25-33(28)31)45-37-15-6-4-13-35(37)44-36-14-5-7-16-38(36)46(40-18-9-17-39(45)43(40)44)30-22-23-42-34(26-30)32-12-3-8-19-41(32)47-42/h1-23,25-26H,24H2. The summed E-state index contributed by atoms with van der Waals surface area (Å²) in [4.78, 5) is 4.95. The highest BCUT2D eigenvalue weighted by Gasteiger charge is 2.43. The van der Waals surface area contributed by atoms with Crippen molar-refractivity contribution in [2.45, 2.75) is 6.42 Å². The second kappa shape index (κ2) is 9.28. The predicted molar refractivity (Wildman–Crippen MR) is 196 cm³/mol. The molecule has 0 unspecified atom stereocenters. The summed E-state index contributed by atoms with van der Waals surface area (Å²) in [6.07, 6.45) is 0.993. The minimum absolute atomic E-state index is 0.120. The molecule has 7 aromatic carbocycles. The second-order valence-corrected chi connectivity index (χ2v) is 12.9. The van der Waals surface area contributed by atoms with Gasteiger partial charge in [0.1, 0.15) is 11.2 Å². The molecule has 3 heterocycles. The van der Waals surface area contributed by atoms with Crippen molar-refractivity contribution in [2.24, 2.45) is 0 Å². The summed E-state index contributed by atoms with van der Waals surface area (Å²) in [5.41, 5.74) is 18.5. The van der Waals surface area contributed by atoms with Crippen LogP contribution in [0.1, 0.15) is 11.1 Å². The summed E-state index contributed by atoms with van der Waals surface area (Å²) >= 11 is 0. The van der Waals surface area contributed by atoms with Crippen LogP contribution in [-0.4, -0.2) is 6.71 Å². The zero-order valence-electron chi connectivity index (χ0n) is 25.5. The van der Waals surface area contributed by atoms with E-state index in [9.17, 15) is 0 Å². The first kappa shape index (κ1) is 25.2. The molecule has 8 aromatic rings. The maximum absolute atomic E-state index is 6.23. The Balaban J connectivity index is 1.16. The molecule has 0 saturated heterocycles. The Morgan fingerprint density at radius 2 is 1.04 bits per heavy atom. The van der Waals surface area contributed by atoms with Gasteiger partial charge in [0.15, 0.2) is 0 Å². The summed E-state index contributed by atoms with van der Waals surface area (Å²) in [6, 6.07) is 55.6. The van der Waals surface area contributed by atoms with E-state index in [1.54, 1.807) is 0 Å². The number of hydrogen-bond donors (Lipinski definition) is 0. The van der Waals surface area contributed by atoms with Gasteiger partial charge in [0.05, 0.1) is 0 Å². The highest BCUT2D eigenvalue weighted by atomic mass is 16.3. The zero-order chi connectivity index (χ0) is 30.6. The van der Waals surface area contributed by atoms with Gasteiger partial charge in [0.2, 0.25) is 0 Å². The fourth-order valence-electron chi connectivity index (χ4n) is 8.50. The quantitative estimate of drug-likeness (QED) is 0.185. The molecule has 0 N–H and O–H groups in total. The Morgan fingerprint density at radius 1 is 0.447 bits per heavy atom. The van der Waals surface area contributed by atoms with E-state index >= 15 is 0 Å². The lowest BCUT2D eigenvalue weighted by Gasteiger charge is -2.44. The summed E-state index contributed by atoms with van der Waals surface area (Å²) in [7, 11) is 0. The number of fused-ring (bicyclic) bond motifs is 10. The van der Waals surface area contributed by atoms with Gasteiger partial charge in [-0.3, -0.25) is 0 Å². The normalized spacial score (nSPS) is 13.7. The molecule has 0 saturated carbocycles. The predicted octanol–water partition coefficient (Wildman–Crippen LogP) is 9.24.